The van der Waals surface area contributed by atoms with Crippen LogP contribution in [0, 0.1) is 0 Å². The fourth-order valence-electron chi connectivity index (χ4n) is 0.621. The summed E-state index contributed by atoms with van der Waals surface area (Å²) >= 11 is 0. The van der Waals surface area contributed by atoms with Crippen molar-refractivity contribution < 1.29 is 9.84 Å². The first-order chi connectivity index (χ1) is 4.83. The van der Waals surface area contributed by atoms with Gasteiger partial charge in [-0.05, 0) is 24.3 Å². The third-order valence-electron chi connectivity index (χ3n) is 1.06. The van der Waals surface area contributed by atoms with Crippen molar-refractivity contribution in [3.05, 3.63) is 37.1 Å². The zero-order valence-electron chi connectivity index (χ0n) is 5.45. The van der Waals surface area contributed by atoms with Gasteiger partial charge in [0.05, 0.1) is 6.26 Å². The van der Waals surface area contributed by atoms with Crippen molar-refractivity contribution in [3.63, 3.8) is 0 Å². The molecule has 1 N–H and O–H groups in total. The number of hydrogen-bond donors (Lipinski definition) is 1. The minimum atomic E-state index is 0.233. The van der Waals surface area contributed by atoms with Gasteiger partial charge in [-0.2, -0.15) is 0 Å². The lowest BCUT2D eigenvalue weighted by atomic mass is 10.3. The number of benzene rings is 1. The molecule has 10 heavy (non-hydrogen) atoms. The smallest absolute Gasteiger partial charge is 0.126 e. The summed E-state index contributed by atoms with van der Waals surface area (Å²) in [7, 11) is 0. The molecule has 0 radical (unpaired) electrons. The molecule has 0 unspecified atom stereocenters. The van der Waals surface area contributed by atoms with Crippen LogP contribution in [0.1, 0.15) is 0 Å². The van der Waals surface area contributed by atoms with E-state index in [0.717, 1.165) is 0 Å². The SMILES string of the molecule is C=COc1ccc(O)cc1. The monoisotopic (exact) mass is 136 g/mol. The number of phenolic OH excluding ortho intramolecular Hbond substituents is 1. The van der Waals surface area contributed by atoms with E-state index in [2.05, 4.69) is 6.58 Å². The van der Waals surface area contributed by atoms with Crippen LogP contribution in [0.2, 0.25) is 0 Å². The van der Waals surface area contributed by atoms with Crippen LogP contribution >= 0.6 is 0 Å². The van der Waals surface area contributed by atoms with E-state index in [9.17, 15) is 0 Å². The average Bonchev–Trinajstić information content (AvgIpc) is 1.95. The van der Waals surface area contributed by atoms with E-state index in [1.807, 2.05) is 0 Å². The molecule has 0 saturated heterocycles. The third-order valence-corrected chi connectivity index (χ3v) is 1.06. The van der Waals surface area contributed by atoms with Crippen molar-refractivity contribution >= 4 is 0 Å². The van der Waals surface area contributed by atoms with Crippen LogP contribution in [0.15, 0.2) is 37.1 Å². The second-order valence-corrected chi connectivity index (χ2v) is 1.78. The number of hydrogen-bond acceptors (Lipinski definition) is 2. The lowest BCUT2D eigenvalue weighted by molar-refractivity contribution is 0.464. The maximum Gasteiger partial charge on any atom is 0.126 e. The van der Waals surface area contributed by atoms with Gasteiger partial charge in [-0.25, -0.2) is 0 Å². The van der Waals surface area contributed by atoms with E-state index in [0.29, 0.717) is 5.75 Å². The molecule has 0 aromatic heterocycles. The Hall–Kier alpha value is -1.44. The predicted molar refractivity (Wildman–Crippen MR) is 38.9 cm³/mol. The van der Waals surface area contributed by atoms with Gasteiger partial charge in [0.1, 0.15) is 11.5 Å². The van der Waals surface area contributed by atoms with Gasteiger partial charge in [0.15, 0.2) is 0 Å². The Kier molecular flexibility index (Phi) is 1.95. The molecule has 2 heteroatoms. The summed E-state index contributed by atoms with van der Waals surface area (Å²) in [5.41, 5.74) is 0. The topological polar surface area (TPSA) is 29.5 Å². The zero-order valence-corrected chi connectivity index (χ0v) is 5.45. The molecule has 1 aromatic rings. The summed E-state index contributed by atoms with van der Waals surface area (Å²) in [5, 5.41) is 8.84. The molecule has 1 rings (SSSR count). The number of aromatic hydroxyl groups is 1. The molecule has 0 aliphatic heterocycles. The van der Waals surface area contributed by atoms with Crippen molar-refractivity contribution in [2.75, 3.05) is 0 Å². The van der Waals surface area contributed by atoms with Gasteiger partial charge in [-0.3, -0.25) is 0 Å². The molecule has 0 aliphatic carbocycles. The molecule has 2 nitrogen and oxygen atoms in total. The minimum Gasteiger partial charge on any atom is -0.508 e. The highest BCUT2D eigenvalue weighted by molar-refractivity contribution is 5.30. The first-order valence-electron chi connectivity index (χ1n) is 2.89. The van der Waals surface area contributed by atoms with E-state index < -0.39 is 0 Å². The van der Waals surface area contributed by atoms with E-state index in [-0.39, 0.29) is 5.75 Å². The maximum atomic E-state index is 8.84. The number of phenols is 1. The summed E-state index contributed by atoms with van der Waals surface area (Å²) < 4.78 is 4.91. The Morgan fingerprint density at radius 3 is 2.40 bits per heavy atom. The highest BCUT2D eigenvalue weighted by Crippen LogP contribution is 2.15. The molecule has 0 amide bonds. The fourth-order valence-corrected chi connectivity index (χ4v) is 0.621. The molecule has 52 valence electrons. The van der Waals surface area contributed by atoms with Crippen molar-refractivity contribution in [2.24, 2.45) is 0 Å². The normalized spacial score (nSPS) is 8.80. The van der Waals surface area contributed by atoms with Gasteiger partial charge < -0.3 is 9.84 Å². The van der Waals surface area contributed by atoms with Crippen LogP contribution in [-0.4, -0.2) is 5.11 Å². The first-order valence-corrected chi connectivity index (χ1v) is 2.89. The van der Waals surface area contributed by atoms with Gasteiger partial charge in [0, 0.05) is 0 Å². The molecule has 0 aliphatic rings. The van der Waals surface area contributed by atoms with Gasteiger partial charge in [-0.1, -0.05) is 6.58 Å². The highest BCUT2D eigenvalue weighted by Gasteiger charge is 1.88. The van der Waals surface area contributed by atoms with Crippen molar-refractivity contribution in [3.8, 4) is 11.5 Å². The van der Waals surface area contributed by atoms with Crippen LogP contribution in [0.25, 0.3) is 0 Å². The van der Waals surface area contributed by atoms with Gasteiger partial charge in [0.2, 0.25) is 0 Å². The van der Waals surface area contributed by atoms with E-state index in [1.54, 1.807) is 24.3 Å². The average molecular weight is 136 g/mol. The Bertz CT molecular complexity index is 213. The van der Waals surface area contributed by atoms with Crippen LogP contribution in [0.5, 0.6) is 11.5 Å². The Labute approximate surface area is 59.4 Å². The standard InChI is InChI=1S/C8H8O2/c1-2-10-8-5-3-7(9)4-6-8/h2-6,9H,1H2. The quantitative estimate of drug-likeness (QED) is 0.629. The zero-order chi connectivity index (χ0) is 7.40. The summed E-state index contributed by atoms with van der Waals surface area (Å²) in [6, 6.07) is 6.44. The molecule has 0 atom stereocenters. The molecule has 0 fully saturated rings. The van der Waals surface area contributed by atoms with Crippen LogP contribution in [0.4, 0.5) is 0 Å². The second kappa shape index (κ2) is 2.92. The third kappa shape index (κ3) is 1.52. The second-order valence-electron chi connectivity index (χ2n) is 1.78. The summed E-state index contributed by atoms with van der Waals surface area (Å²) in [4.78, 5) is 0. The lowest BCUT2D eigenvalue weighted by Gasteiger charge is -1.97. The van der Waals surface area contributed by atoms with Crippen LogP contribution in [-0.2, 0) is 0 Å². The Morgan fingerprint density at radius 2 is 1.90 bits per heavy atom. The summed E-state index contributed by atoms with van der Waals surface area (Å²) in [6.07, 6.45) is 1.34. The first kappa shape index (κ1) is 6.68. The predicted octanol–water partition coefficient (Wildman–Crippen LogP) is 1.91. The lowest BCUT2D eigenvalue weighted by Crippen LogP contribution is -1.77. The molecule has 1 aromatic carbocycles. The molecule has 0 saturated carbocycles. The number of rotatable bonds is 2. The van der Waals surface area contributed by atoms with Gasteiger partial charge in [-0.15, -0.1) is 0 Å². The Morgan fingerprint density at radius 1 is 1.30 bits per heavy atom. The maximum absolute atomic E-state index is 8.84. The molecule has 0 heterocycles. The summed E-state index contributed by atoms with van der Waals surface area (Å²) in [5.74, 6) is 0.907. The fraction of sp³-hybridized carbons (Fsp3) is 0. The van der Waals surface area contributed by atoms with E-state index in [1.165, 1.54) is 6.26 Å². The minimum absolute atomic E-state index is 0.233. The van der Waals surface area contributed by atoms with Crippen molar-refractivity contribution in [1.82, 2.24) is 0 Å². The molecular formula is C8H8O2. The molecule has 0 bridgehead atoms. The Balaban J connectivity index is 2.78. The largest absolute Gasteiger partial charge is 0.508 e. The van der Waals surface area contributed by atoms with Gasteiger partial charge in [0.25, 0.3) is 0 Å². The molecular weight excluding hydrogens is 128 g/mol. The highest BCUT2D eigenvalue weighted by atomic mass is 16.5. The van der Waals surface area contributed by atoms with E-state index in [4.69, 9.17) is 9.84 Å². The van der Waals surface area contributed by atoms with Crippen molar-refractivity contribution in [1.29, 1.82) is 0 Å². The van der Waals surface area contributed by atoms with Crippen LogP contribution in [0.3, 0.4) is 0 Å². The number of ether oxygens (including phenoxy) is 1. The van der Waals surface area contributed by atoms with E-state index >= 15 is 0 Å². The van der Waals surface area contributed by atoms with Crippen molar-refractivity contribution in [2.45, 2.75) is 0 Å². The summed E-state index contributed by atoms with van der Waals surface area (Å²) in [6.45, 7) is 3.39. The molecule has 0 spiro atoms. The van der Waals surface area contributed by atoms with Gasteiger partial charge >= 0.3 is 0 Å². The van der Waals surface area contributed by atoms with Crippen LogP contribution < -0.4 is 4.74 Å².